The molecule has 0 fully saturated rings. The molecule has 0 unspecified atom stereocenters. The van der Waals surface area contributed by atoms with Gasteiger partial charge in [-0.1, -0.05) is 12.1 Å². The van der Waals surface area contributed by atoms with Gasteiger partial charge in [-0.2, -0.15) is 13.2 Å². The Bertz CT molecular complexity index is 1580. The highest BCUT2D eigenvalue weighted by molar-refractivity contribution is 5.98. The number of rotatable bonds is 6. The van der Waals surface area contributed by atoms with Gasteiger partial charge < -0.3 is 14.3 Å². The minimum atomic E-state index is -4.55. The van der Waals surface area contributed by atoms with Gasteiger partial charge in [-0.05, 0) is 61.4 Å². The predicted molar refractivity (Wildman–Crippen MR) is 129 cm³/mol. The number of hydrogen-bond donors (Lipinski definition) is 1. The smallest absolute Gasteiger partial charge is 0.416 e. The number of H-pyrrole nitrogens is 1. The minimum absolute atomic E-state index is 0.204. The Kier molecular flexibility index (Phi) is 5.83. The summed E-state index contributed by atoms with van der Waals surface area (Å²) in [5.41, 5.74) is 2.21. The Hall–Kier alpha value is -4.40. The molecular weight excluding hydrogens is 469 g/mol. The third-order valence-electron chi connectivity index (χ3n) is 5.83. The van der Waals surface area contributed by atoms with Crippen molar-refractivity contribution >= 4 is 16.8 Å². The van der Waals surface area contributed by atoms with Crippen LogP contribution in [0, 0.1) is 13.8 Å². The van der Waals surface area contributed by atoms with Crippen LogP contribution >= 0.6 is 0 Å². The Balaban J connectivity index is 1.45. The lowest BCUT2D eigenvalue weighted by Gasteiger charge is -2.14. The van der Waals surface area contributed by atoms with Crippen molar-refractivity contribution in [3.63, 3.8) is 0 Å². The summed E-state index contributed by atoms with van der Waals surface area (Å²) in [6.45, 7) is 3.60. The van der Waals surface area contributed by atoms with Gasteiger partial charge in [0, 0.05) is 36.3 Å². The second kappa shape index (κ2) is 8.99. The molecule has 1 N–H and O–H groups in total. The molecule has 3 heterocycles. The molecule has 0 radical (unpaired) electrons. The van der Waals surface area contributed by atoms with Gasteiger partial charge in [0.15, 0.2) is 5.78 Å². The van der Waals surface area contributed by atoms with Crippen molar-refractivity contribution in [3.8, 4) is 17.2 Å². The van der Waals surface area contributed by atoms with E-state index in [1.807, 2.05) is 13.0 Å². The molecule has 0 saturated carbocycles. The van der Waals surface area contributed by atoms with Crippen molar-refractivity contribution < 1.29 is 22.7 Å². The number of aryl methyl sites for hydroxylation is 2. The molecule has 0 spiro atoms. The Morgan fingerprint density at radius 2 is 1.86 bits per heavy atom. The molecule has 9 heteroatoms. The average Bonchev–Trinajstić information content (AvgIpc) is 3.49. The highest BCUT2D eigenvalue weighted by Crippen LogP contribution is 2.33. The van der Waals surface area contributed by atoms with E-state index in [1.54, 1.807) is 55.8 Å². The van der Waals surface area contributed by atoms with Gasteiger partial charge in [0.25, 0.3) is 0 Å². The maximum atomic E-state index is 13.6. The molecule has 0 amide bonds. The maximum absolute atomic E-state index is 13.6. The molecular formula is C27H21F3N4O2. The van der Waals surface area contributed by atoms with E-state index in [2.05, 4.69) is 15.0 Å². The summed E-state index contributed by atoms with van der Waals surface area (Å²) in [6.07, 6.45) is 1.69. The fraction of sp³-hybridized carbons (Fsp3) is 0.148. The number of fused-ring (bicyclic) bond motifs is 1. The molecule has 2 aromatic carbocycles. The fourth-order valence-corrected chi connectivity index (χ4v) is 3.97. The normalized spacial score (nSPS) is 11.7. The van der Waals surface area contributed by atoms with Crippen molar-refractivity contribution in [1.82, 2.24) is 19.5 Å². The van der Waals surface area contributed by atoms with E-state index in [4.69, 9.17) is 4.74 Å². The van der Waals surface area contributed by atoms with Crippen molar-refractivity contribution in [1.29, 1.82) is 0 Å². The quantitative estimate of drug-likeness (QED) is 0.272. The van der Waals surface area contributed by atoms with E-state index in [9.17, 15) is 18.0 Å². The lowest BCUT2D eigenvalue weighted by Crippen LogP contribution is -2.10. The van der Waals surface area contributed by atoms with Crippen LogP contribution in [0.2, 0.25) is 0 Å². The fourth-order valence-electron chi connectivity index (χ4n) is 3.97. The zero-order valence-corrected chi connectivity index (χ0v) is 19.4. The predicted octanol–water partition coefficient (Wildman–Crippen LogP) is 6.60. The number of hydrogen-bond acceptors (Lipinski definition) is 4. The number of pyridine rings is 1. The number of aromatic nitrogens is 4. The number of Topliss-reactive ketones (excluding diaryl/α,β-unsaturated/α-hetero) is 1. The lowest BCUT2D eigenvalue weighted by molar-refractivity contribution is -0.137. The van der Waals surface area contributed by atoms with Crippen LogP contribution in [0.15, 0.2) is 73.4 Å². The monoisotopic (exact) mass is 490 g/mol. The highest BCUT2D eigenvalue weighted by Gasteiger charge is 2.31. The van der Waals surface area contributed by atoms with Gasteiger partial charge in [0.1, 0.15) is 17.1 Å². The van der Waals surface area contributed by atoms with Crippen LogP contribution in [0.4, 0.5) is 13.2 Å². The third-order valence-corrected chi connectivity index (χ3v) is 5.83. The van der Waals surface area contributed by atoms with Crippen molar-refractivity contribution in [2.75, 3.05) is 0 Å². The van der Waals surface area contributed by atoms with Crippen LogP contribution < -0.4 is 4.74 Å². The summed E-state index contributed by atoms with van der Waals surface area (Å²) in [5.74, 6) is 0.730. The number of ether oxygens (including phenoxy) is 1. The number of imidazole rings is 1. The topological polar surface area (TPSA) is 72.8 Å². The third kappa shape index (κ3) is 4.72. The van der Waals surface area contributed by atoms with Crippen LogP contribution in [0.3, 0.4) is 0 Å². The lowest BCUT2D eigenvalue weighted by atomic mass is 9.99. The standard InChI is InChI=1S/C27H21F3N4O2/c1-16-3-4-19(12-25(16)36-24-6-8-32-26-22(24)5-7-31-26)23(35)11-18-9-20(27(28,29)30)13-21(10-18)34-14-17(2)33-15-34/h3-10,12-15H,11H2,1-2H3,(H,31,32). The van der Waals surface area contributed by atoms with Crippen LogP contribution in [0.25, 0.3) is 16.7 Å². The summed E-state index contributed by atoms with van der Waals surface area (Å²) in [7, 11) is 0. The zero-order valence-electron chi connectivity index (χ0n) is 19.4. The molecule has 5 aromatic rings. The first-order chi connectivity index (χ1) is 17.2. The Labute approximate surface area is 204 Å². The summed E-state index contributed by atoms with van der Waals surface area (Å²) in [6, 6.07) is 12.2. The Morgan fingerprint density at radius 3 is 2.61 bits per heavy atom. The van der Waals surface area contributed by atoms with Gasteiger partial charge in [-0.3, -0.25) is 4.79 Å². The number of halogens is 3. The molecule has 36 heavy (non-hydrogen) atoms. The molecule has 5 rings (SSSR count). The summed E-state index contributed by atoms with van der Waals surface area (Å²) in [5, 5.41) is 0.792. The number of carbonyl (C=O) groups excluding carboxylic acids is 1. The van der Waals surface area contributed by atoms with Gasteiger partial charge in [-0.25, -0.2) is 9.97 Å². The second-order valence-electron chi connectivity index (χ2n) is 8.54. The molecule has 182 valence electrons. The number of nitrogens with one attached hydrogen (secondary N) is 1. The van der Waals surface area contributed by atoms with Crippen molar-refractivity contribution in [2.45, 2.75) is 26.4 Å². The average molecular weight is 490 g/mol. The van der Waals surface area contributed by atoms with Crippen molar-refractivity contribution in [2.24, 2.45) is 0 Å². The van der Waals surface area contributed by atoms with Gasteiger partial charge in [-0.15, -0.1) is 0 Å². The molecule has 3 aromatic heterocycles. The first-order valence-corrected chi connectivity index (χ1v) is 11.1. The molecule has 0 aliphatic rings. The number of nitrogens with zero attached hydrogens (tertiary/aromatic N) is 3. The van der Waals surface area contributed by atoms with Crippen molar-refractivity contribution in [3.05, 3.63) is 101 Å². The number of benzene rings is 2. The van der Waals surface area contributed by atoms with Crippen LogP contribution in [-0.2, 0) is 12.6 Å². The van der Waals surface area contributed by atoms with Gasteiger partial charge >= 0.3 is 6.18 Å². The van der Waals surface area contributed by atoms with E-state index in [-0.39, 0.29) is 23.5 Å². The second-order valence-corrected chi connectivity index (χ2v) is 8.54. The molecule has 0 aliphatic carbocycles. The summed E-state index contributed by atoms with van der Waals surface area (Å²) in [4.78, 5) is 24.5. The SMILES string of the molecule is Cc1cn(-c2cc(CC(=O)c3ccc(C)c(Oc4ccnc5[nH]ccc45)c3)cc(C(F)(F)F)c2)cn1. The molecule has 0 aliphatic heterocycles. The summed E-state index contributed by atoms with van der Waals surface area (Å²) >= 11 is 0. The van der Waals surface area contributed by atoms with E-state index in [0.717, 1.165) is 23.1 Å². The van der Waals surface area contributed by atoms with Crippen LogP contribution in [0.1, 0.15) is 32.7 Å². The molecule has 0 saturated heterocycles. The van der Waals surface area contributed by atoms with E-state index < -0.39 is 11.7 Å². The van der Waals surface area contributed by atoms with E-state index in [1.165, 1.54) is 10.9 Å². The van der Waals surface area contributed by atoms with E-state index in [0.29, 0.717) is 28.4 Å². The van der Waals surface area contributed by atoms with E-state index >= 15 is 0 Å². The van der Waals surface area contributed by atoms with Crippen LogP contribution in [0.5, 0.6) is 11.5 Å². The number of aromatic amines is 1. The number of alkyl halides is 3. The molecule has 0 atom stereocenters. The molecule has 6 nitrogen and oxygen atoms in total. The van der Waals surface area contributed by atoms with Gasteiger partial charge in [0.05, 0.1) is 23.0 Å². The number of carbonyl (C=O) groups is 1. The molecule has 0 bridgehead atoms. The Morgan fingerprint density at radius 1 is 1.03 bits per heavy atom. The minimum Gasteiger partial charge on any atom is -0.456 e. The largest absolute Gasteiger partial charge is 0.456 e. The highest BCUT2D eigenvalue weighted by atomic mass is 19.4. The van der Waals surface area contributed by atoms with Crippen LogP contribution in [-0.4, -0.2) is 25.3 Å². The maximum Gasteiger partial charge on any atom is 0.416 e. The first kappa shape index (κ1) is 23.3. The summed E-state index contributed by atoms with van der Waals surface area (Å²) < 4.78 is 48.4. The zero-order chi connectivity index (χ0) is 25.4. The first-order valence-electron chi connectivity index (χ1n) is 11.1. The van der Waals surface area contributed by atoms with Gasteiger partial charge in [0.2, 0.25) is 0 Å². The number of ketones is 1.